The van der Waals surface area contributed by atoms with E-state index in [4.69, 9.17) is 0 Å². The summed E-state index contributed by atoms with van der Waals surface area (Å²) in [6, 6.07) is -0.438. The molecular weight excluding hydrogens is 321 g/mol. The molecule has 1 fully saturated rings. The van der Waals surface area contributed by atoms with Crippen LogP contribution >= 0.6 is 0 Å². The second kappa shape index (κ2) is 5.74. The van der Waals surface area contributed by atoms with Gasteiger partial charge in [0.05, 0.1) is 17.2 Å². The van der Waals surface area contributed by atoms with Gasteiger partial charge >= 0.3 is 6.18 Å². The maximum Gasteiger partial charge on any atom is 0.419 e. The number of carbonyl (C=O) groups is 1. The lowest BCUT2D eigenvalue weighted by Gasteiger charge is -2.45. The Bertz CT molecular complexity index is 619. The first kappa shape index (κ1) is 17.7. The number of rotatable bonds is 3. The van der Waals surface area contributed by atoms with E-state index in [1.807, 2.05) is 0 Å². The van der Waals surface area contributed by atoms with Crippen molar-refractivity contribution in [3.8, 4) is 0 Å². The number of alkyl halides is 3. The molecule has 0 saturated heterocycles. The van der Waals surface area contributed by atoms with Crippen LogP contribution in [0.4, 0.5) is 22.0 Å². The third-order valence-electron chi connectivity index (χ3n) is 3.96. The van der Waals surface area contributed by atoms with Crippen molar-refractivity contribution in [2.24, 2.45) is 5.92 Å². The SMILES string of the molecule is CC(=O)N[C@@H](c1cc(F)c(C(F)(F)F)cc1F)C1CC(C)(O)C1. The lowest BCUT2D eigenvalue weighted by atomic mass is 9.67. The average molecular weight is 337 g/mol. The molecule has 0 heterocycles. The molecule has 8 heteroatoms. The molecule has 1 aromatic carbocycles. The highest BCUT2D eigenvalue weighted by Crippen LogP contribution is 2.45. The fourth-order valence-corrected chi connectivity index (χ4v) is 2.99. The summed E-state index contributed by atoms with van der Waals surface area (Å²) in [5, 5.41) is 12.2. The highest BCUT2D eigenvalue weighted by Gasteiger charge is 2.44. The number of hydrogen-bond acceptors (Lipinski definition) is 2. The van der Waals surface area contributed by atoms with Crippen LogP contribution < -0.4 is 5.32 Å². The summed E-state index contributed by atoms with van der Waals surface area (Å²) in [6.45, 7) is 2.72. The van der Waals surface area contributed by atoms with Gasteiger partial charge in [0, 0.05) is 12.5 Å². The Morgan fingerprint density at radius 2 is 1.87 bits per heavy atom. The Hall–Kier alpha value is -1.70. The van der Waals surface area contributed by atoms with Crippen LogP contribution in [0.1, 0.15) is 43.9 Å². The van der Waals surface area contributed by atoms with E-state index in [0.29, 0.717) is 6.07 Å². The summed E-state index contributed by atoms with van der Waals surface area (Å²) < 4.78 is 65.6. The Balaban J connectivity index is 2.39. The standard InChI is InChI=1S/C15H16F5NO2/c1-7(22)21-13(8-5-14(2,23)6-8)9-3-12(17)10(4-11(9)16)15(18,19)20/h3-4,8,13,23H,5-6H2,1-2H3,(H,21,22)/t8?,13-,14?/m1/s1. The maximum absolute atomic E-state index is 14.1. The molecule has 3 nitrogen and oxygen atoms in total. The minimum Gasteiger partial charge on any atom is -0.390 e. The molecule has 0 aromatic heterocycles. The highest BCUT2D eigenvalue weighted by molar-refractivity contribution is 5.73. The summed E-state index contributed by atoms with van der Waals surface area (Å²) in [4.78, 5) is 11.3. The quantitative estimate of drug-likeness (QED) is 0.832. The zero-order valence-corrected chi connectivity index (χ0v) is 12.5. The van der Waals surface area contributed by atoms with Crippen molar-refractivity contribution in [1.29, 1.82) is 0 Å². The molecule has 23 heavy (non-hydrogen) atoms. The van der Waals surface area contributed by atoms with E-state index in [2.05, 4.69) is 5.32 Å². The van der Waals surface area contributed by atoms with Gasteiger partial charge in [0.15, 0.2) is 0 Å². The molecule has 1 aliphatic carbocycles. The van der Waals surface area contributed by atoms with Crippen molar-refractivity contribution in [2.45, 2.75) is 44.5 Å². The maximum atomic E-state index is 14.1. The second-order valence-corrected chi connectivity index (χ2v) is 6.19. The van der Waals surface area contributed by atoms with Gasteiger partial charge in [-0.05, 0) is 37.8 Å². The topological polar surface area (TPSA) is 49.3 Å². The summed E-state index contributed by atoms with van der Waals surface area (Å²) in [5.74, 6) is -3.76. The van der Waals surface area contributed by atoms with Crippen LogP contribution in [-0.4, -0.2) is 16.6 Å². The van der Waals surface area contributed by atoms with E-state index < -0.39 is 40.9 Å². The molecule has 0 aliphatic heterocycles. The minimum atomic E-state index is -5.01. The van der Waals surface area contributed by atoms with Crippen molar-refractivity contribution in [2.75, 3.05) is 0 Å². The predicted octanol–water partition coefficient (Wildman–Crippen LogP) is 3.32. The molecule has 0 unspecified atom stereocenters. The number of halogens is 5. The monoisotopic (exact) mass is 337 g/mol. The average Bonchev–Trinajstić information content (AvgIpc) is 2.34. The second-order valence-electron chi connectivity index (χ2n) is 6.19. The van der Waals surface area contributed by atoms with Gasteiger partial charge in [0.25, 0.3) is 0 Å². The van der Waals surface area contributed by atoms with Gasteiger partial charge in [-0.1, -0.05) is 0 Å². The van der Waals surface area contributed by atoms with Crippen molar-refractivity contribution in [1.82, 2.24) is 5.32 Å². The molecule has 128 valence electrons. The molecule has 1 atom stereocenters. The van der Waals surface area contributed by atoms with Gasteiger partial charge in [-0.15, -0.1) is 0 Å². The van der Waals surface area contributed by atoms with Crippen molar-refractivity contribution >= 4 is 5.91 Å². The number of benzene rings is 1. The Morgan fingerprint density at radius 1 is 1.30 bits per heavy atom. The van der Waals surface area contributed by atoms with Gasteiger partial charge in [0.1, 0.15) is 11.6 Å². The smallest absolute Gasteiger partial charge is 0.390 e. The minimum absolute atomic E-state index is 0.0935. The molecule has 2 N–H and O–H groups in total. The number of aliphatic hydroxyl groups is 1. The van der Waals surface area contributed by atoms with E-state index in [1.165, 1.54) is 6.92 Å². The zero-order valence-electron chi connectivity index (χ0n) is 12.5. The van der Waals surface area contributed by atoms with Crippen LogP contribution in [0.2, 0.25) is 0 Å². The van der Waals surface area contributed by atoms with E-state index >= 15 is 0 Å². The van der Waals surface area contributed by atoms with Crippen LogP contribution in [0.25, 0.3) is 0 Å². The molecule has 1 aliphatic rings. The number of amides is 1. The predicted molar refractivity (Wildman–Crippen MR) is 71.3 cm³/mol. The van der Waals surface area contributed by atoms with Crippen molar-refractivity contribution in [3.05, 3.63) is 34.9 Å². The first-order valence-corrected chi connectivity index (χ1v) is 6.96. The number of nitrogens with one attached hydrogen (secondary N) is 1. The van der Waals surface area contributed by atoms with Gasteiger partial charge in [-0.25, -0.2) is 8.78 Å². The zero-order chi connectivity index (χ0) is 17.6. The summed E-state index contributed by atoms with van der Waals surface area (Å²) in [6.07, 6.45) is -4.56. The fourth-order valence-electron chi connectivity index (χ4n) is 2.99. The van der Waals surface area contributed by atoms with Crippen LogP contribution in [0, 0.1) is 17.6 Å². The van der Waals surface area contributed by atoms with Gasteiger partial charge in [-0.3, -0.25) is 4.79 Å². The molecule has 1 saturated carbocycles. The van der Waals surface area contributed by atoms with Gasteiger partial charge < -0.3 is 10.4 Å². The summed E-state index contributed by atoms with van der Waals surface area (Å²) >= 11 is 0. The molecular formula is C15H16F5NO2. The summed E-state index contributed by atoms with van der Waals surface area (Å²) in [5.41, 5.74) is -3.03. The highest BCUT2D eigenvalue weighted by atomic mass is 19.4. The molecule has 1 amide bonds. The number of carbonyl (C=O) groups excluding carboxylic acids is 1. The van der Waals surface area contributed by atoms with Crippen molar-refractivity contribution in [3.63, 3.8) is 0 Å². The lowest BCUT2D eigenvalue weighted by molar-refractivity contribution is -0.140. The first-order valence-electron chi connectivity index (χ1n) is 6.96. The van der Waals surface area contributed by atoms with Crippen LogP contribution in [-0.2, 0) is 11.0 Å². The van der Waals surface area contributed by atoms with E-state index in [1.54, 1.807) is 6.92 Å². The lowest BCUT2D eigenvalue weighted by Crippen LogP contribution is -2.47. The largest absolute Gasteiger partial charge is 0.419 e. The first-order chi connectivity index (χ1) is 10.4. The number of hydrogen-bond donors (Lipinski definition) is 2. The molecule has 2 rings (SSSR count). The molecule has 0 bridgehead atoms. The van der Waals surface area contributed by atoms with Crippen LogP contribution in [0.5, 0.6) is 0 Å². The van der Waals surface area contributed by atoms with E-state index in [9.17, 15) is 31.9 Å². The van der Waals surface area contributed by atoms with Crippen LogP contribution in [0.15, 0.2) is 12.1 Å². The normalized spacial score (nSPS) is 25.7. The fraction of sp³-hybridized carbons (Fsp3) is 0.533. The molecule has 0 radical (unpaired) electrons. The summed E-state index contributed by atoms with van der Waals surface area (Å²) in [7, 11) is 0. The van der Waals surface area contributed by atoms with Crippen LogP contribution in [0.3, 0.4) is 0 Å². The van der Waals surface area contributed by atoms with E-state index in [-0.39, 0.29) is 30.4 Å². The Labute approximate surface area is 129 Å². The molecule has 1 aromatic rings. The third kappa shape index (κ3) is 3.80. The molecule has 0 spiro atoms. The Morgan fingerprint density at radius 3 is 2.30 bits per heavy atom. The van der Waals surface area contributed by atoms with Crippen molar-refractivity contribution < 1.29 is 31.9 Å². The Kier molecular flexibility index (Phi) is 4.40. The van der Waals surface area contributed by atoms with Gasteiger partial charge in [-0.2, -0.15) is 13.2 Å². The van der Waals surface area contributed by atoms with E-state index in [0.717, 1.165) is 0 Å². The van der Waals surface area contributed by atoms with Gasteiger partial charge in [0.2, 0.25) is 5.91 Å². The third-order valence-corrected chi connectivity index (χ3v) is 3.96.